The molecular formula is C14H21N3O. The minimum atomic E-state index is 0.221. The number of aromatic nitrogens is 2. The SMILES string of the molecule is NC(Cc1nc(C2CC3CCC2C3)no1)C1CC1. The number of nitrogens with zero attached hydrogens (tertiary/aromatic N) is 2. The Balaban J connectivity index is 1.45. The molecule has 2 N–H and O–H groups in total. The van der Waals surface area contributed by atoms with Crippen LogP contribution in [0.15, 0.2) is 4.52 Å². The van der Waals surface area contributed by atoms with Gasteiger partial charge in [0.15, 0.2) is 5.82 Å². The molecule has 3 aliphatic carbocycles. The molecule has 0 amide bonds. The largest absolute Gasteiger partial charge is 0.339 e. The first-order valence-corrected chi connectivity index (χ1v) is 7.37. The summed E-state index contributed by atoms with van der Waals surface area (Å²) >= 11 is 0. The first-order valence-electron chi connectivity index (χ1n) is 7.37. The van der Waals surface area contributed by atoms with Gasteiger partial charge in [-0.1, -0.05) is 11.6 Å². The number of fused-ring (bicyclic) bond motifs is 2. The van der Waals surface area contributed by atoms with Crippen LogP contribution >= 0.6 is 0 Å². The molecule has 0 spiro atoms. The maximum atomic E-state index is 6.11. The molecule has 4 atom stereocenters. The molecule has 18 heavy (non-hydrogen) atoms. The Morgan fingerprint density at radius 1 is 1.22 bits per heavy atom. The van der Waals surface area contributed by atoms with Crippen molar-refractivity contribution in [2.45, 2.75) is 56.9 Å². The maximum Gasteiger partial charge on any atom is 0.228 e. The minimum Gasteiger partial charge on any atom is -0.339 e. The van der Waals surface area contributed by atoms with Gasteiger partial charge in [-0.3, -0.25) is 0 Å². The molecule has 0 saturated heterocycles. The van der Waals surface area contributed by atoms with Crippen molar-refractivity contribution in [1.82, 2.24) is 10.1 Å². The normalized spacial score (nSPS) is 36.2. The summed E-state index contributed by atoms with van der Waals surface area (Å²) in [5, 5.41) is 4.21. The number of hydrogen-bond acceptors (Lipinski definition) is 4. The summed E-state index contributed by atoms with van der Waals surface area (Å²) in [6, 6.07) is 0.221. The molecule has 1 aromatic rings. The third-order valence-electron chi connectivity index (χ3n) is 5.19. The van der Waals surface area contributed by atoms with E-state index in [0.717, 1.165) is 30.0 Å². The van der Waals surface area contributed by atoms with E-state index in [9.17, 15) is 0 Å². The Morgan fingerprint density at radius 3 is 2.78 bits per heavy atom. The molecule has 4 nitrogen and oxygen atoms in total. The van der Waals surface area contributed by atoms with Crippen LogP contribution in [-0.2, 0) is 6.42 Å². The van der Waals surface area contributed by atoms with E-state index in [2.05, 4.69) is 10.1 Å². The van der Waals surface area contributed by atoms with E-state index in [4.69, 9.17) is 10.3 Å². The van der Waals surface area contributed by atoms with Gasteiger partial charge in [0, 0.05) is 18.4 Å². The zero-order chi connectivity index (χ0) is 12.1. The van der Waals surface area contributed by atoms with Gasteiger partial charge in [-0.15, -0.1) is 0 Å². The van der Waals surface area contributed by atoms with Gasteiger partial charge in [-0.25, -0.2) is 0 Å². The first-order chi connectivity index (χ1) is 8.79. The molecule has 3 saturated carbocycles. The lowest BCUT2D eigenvalue weighted by molar-refractivity contribution is 0.343. The van der Waals surface area contributed by atoms with Gasteiger partial charge >= 0.3 is 0 Å². The lowest BCUT2D eigenvalue weighted by atomic mass is 9.88. The molecular weight excluding hydrogens is 226 g/mol. The second-order valence-electron chi connectivity index (χ2n) is 6.53. The fourth-order valence-corrected chi connectivity index (χ4v) is 3.96. The van der Waals surface area contributed by atoms with Gasteiger partial charge in [0.1, 0.15) is 0 Å². The Labute approximate surface area is 107 Å². The van der Waals surface area contributed by atoms with Crippen LogP contribution in [0.1, 0.15) is 56.2 Å². The van der Waals surface area contributed by atoms with E-state index in [1.165, 1.54) is 38.5 Å². The number of nitrogens with two attached hydrogens (primary N) is 1. The Morgan fingerprint density at radius 2 is 2.11 bits per heavy atom. The molecule has 3 aliphatic rings. The molecule has 1 aromatic heterocycles. The fraction of sp³-hybridized carbons (Fsp3) is 0.857. The quantitative estimate of drug-likeness (QED) is 0.886. The van der Waals surface area contributed by atoms with Crippen molar-refractivity contribution in [3.63, 3.8) is 0 Å². The summed E-state index contributed by atoms with van der Waals surface area (Å²) in [7, 11) is 0. The standard InChI is InChI=1S/C14H21N3O/c15-12(9-3-4-9)7-13-16-14(17-18-13)11-6-8-1-2-10(11)5-8/h8-12H,1-7,15H2. The third kappa shape index (κ3) is 1.87. The van der Waals surface area contributed by atoms with Crippen molar-refractivity contribution < 1.29 is 4.52 Å². The van der Waals surface area contributed by atoms with Crippen LogP contribution in [0.4, 0.5) is 0 Å². The van der Waals surface area contributed by atoms with Crippen LogP contribution in [0.3, 0.4) is 0 Å². The van der Waals surface area contributed by atoms with E-state index in [1.54, 1.807) is 0 Å². The van der Waals surface area contributed by atoms with E-state index in [-0.39, 0.29) is 6.04 Å². The highest BCUT2D eigenvalue weighted by molar-refractivity contribution is 5.07. The predicted molar refractivity (Wildman–Crippen MR) is 66.9 cm³/mol. The predicted octanol–water partition coefficient (Wildman–Crippen LogP) is 2.25. The Hall–Kier alpha value is -0.900. The molecule has 0 aliphatic heterocycles. The highest BCUT2D eigenvalue weighted by atomic mass is 16.5. The van der Waals surface area contributed by atoms with Gasteiger partial charge < -0.3 is 10.3 Å². The van der Waals surface area contributed by atoms with E-state index in [1.807, 2.05) is 0 Å². The second kappa shape index (κ2) is 4.05. The molecule has 98 valence electrons. The van der Waals surface area contributed by atoms with Gasteiger partial charge in [-0.2, -0.15) is 4.98 Å². The smallest absolute Gasteiger partial charge is 0.228 e. The highest BCUT2D eigenvalue weighted by Gasteiger charge is 2.42. The number of rotatable bonds is 4. The second-order valence-corrected chi connectivity index (χ2v) is 6.53. The molecule has 3 fully saturated rings. The summed E-state index contributed by atoms with van der Waals surface area (Å²) in [6.07, 6.45) is 8.75. The fourth-order valence-electron chi connectivity index (χ4n) is 3.96. The molecule has 0 aromatic carbocycles. The first kappa shape index (κ1) is 11.0. The van der Waals surface area contributed by atoms with Crippen LogP contribution in [0.5, 0.6) is 0 Å². The Kier molecular flexibility index (Phi) is 2.47. The number of hydrogen-bond donors (Lipinski definition) is 1. The summed E-state index contributed by atoms with van der Waals surface area (Å²) < 4.78 is 5.39. The van der Waals surface area contributed by atoms with Crippen LogP contribution in [-0.4, -0.2) is 16.2 Å². The summed E-state index contributed by atoms with van der Waals surface area (Å²) in [5.74, 6) is 4.72. The molecule has 4 unspecified atom stereocenters. The van der Waals surface area contributed by atoms with Crippen molar-refractivity contribution >= 4 is 0 Å². The lowest BCUT2D eigenvalue weighted by Gasteiger charge is -2.17. The molecule has 0 radical (unpaired) electrons. The summed E-state index contributed by atoms with van der Waals surface area (Å²) in [4.78, 5) is 4.60. The lowest BCUT2D eigenvalue weighted by Crippen LogP contribution is -2.25. The van der Waals surface area contributed by atoms with Crippen LogP contribution in [0, 0.1) is 17.8 Å². The summed E-state index contributed by atoms with van der Waals surface area (Å²) in [6.45, 7) is 0. The van der Waals surface area contributed by atoms with E-state index in [0.29, 0.717) is 11.8 Å². The monoisotopic (exact) mass is 247 g/mol. The van der Waals surface area contributed by atoms with Crippen LogP contribution in [0.25, 0.3) is 0 Å². The molecule has 4 rings (SSSR count). The van der Waals surface area contributed by atoms with Crippen LogP contribution < -0.4 is 5.73 Å². The minimum absolute atomic E-state index is 0.221. The van der Waals surface area contributed by atoms with Crippen molar-refractivity contribution in [3.05, 3.63) is 11.7 Å². The molecule has 4 heteroatoms. The van der Waals surface area contributed by atoms with E-state index < -0.39 is 0 Å². The third-order valence-corrected chi connectivity index (χ3v) is 5.19. The zero-order valence-corrected chi connectivity index (χ0v) is 10.7. The van der Waals surface area contributed by atoms with Crippen molar-refractivity contribution in [2.75, 3.05) is 0 Å². The van der Waals surface area contributed by atoms with Crippen LogP contribution in [0.2, 0.25) is 0 Å². The molecule has 2 bridgehead atoms. The van der Waals surface area contributed by atoms with Crippen molar-refractivity contribution in [2.24, 2.45) is 23.5 Å². The van der Waals surface area contributed by atoms with Gasteiger partial charge in [0.05, 0.1) is 0 Å². The van der Waals surface area contributed by atoms with E-state index >= 15 is 0 Å². The maximum absolute atomic E-state index is 6.11. The van der Waals surface area contributed by atoms with Gasteiger partial charge in [0.2, 0.25) is 5.89 Å². The van der Waals surface area contributed by atoms with Gasteiger partial charge in [0.25, 0.3) is 0 Å². The topological polar surface area (TPSA) is 64.9 Å². The average molecular weight is 247 g/mol. The average Bonchev–Trinajstić information content (AvgIpc) is 2.81. The highest BCUT2D eigenvalue weighted by Crippen LogP contribution is 2.52. The zero-order valence-electron chi connectivity index (χ0n) is 10.7. The van der Waals surface area contributed by atoms with Gasteiger partial charge in [-0.05, 0) is 49.9 Å². The van der Waals surface area contributed by atoms with Crippen molar-refractivity contribution in [1.29, 1.82) is 0 Å². The molecule has 1 heterocycles. The Bertz CT molecular complexity index is 440. The summed E-state index contributed by atoms with van der Waals surface area (Å²) in [5.41, 5.74) is 6.11. The van der Waals surface area contributed by atoms with Crippen molar-refractivity contribution in [3.8, 4) is 0 Å².